The molecule has 2 aromatic rings. The van der Waals surface area contributed by atoms with Crippen LogP contribution in [0.3, 0.4) is 0 Å². The Morgan fingerprint density at radius 3 is 2.41 bits per heavy atom. The average Bonchev–Trinajstić information content (AvgIpc) is 2.68. The number of urea groups is 1. The van der Waals surface area contributed by atoms with E-state index in [4.69, 9.17) is 9.47 Å². The molecule has 0 bridgehead atoms. The number of aryl methyl sites for hydroxylation is 2. The molecule has 2 aromatic carbocycles. The molecule has 3 rings (SSSR count). The third-order valence-electron chi connectivity index (χ3n) is 4.65. The number of imide groups is 2. The highest BCUT2D eigenvalue weighted by Gasteiger charge is 2.36. The van der Waals surface area contributed by atoms with Gasteiger partial charge in [-0.15, -0.1) is 0 Å². The summed E-state index contributed by atoms with van der Waals surface area (Å²) in [6.45, 7) is 6.10. The Bertz CT molecular complexity index is 1030. The van der Waals surface area contributed by atoms with Gasteiger partial charge in [0.1, 0.15) is 5.57 Å². The summed E-state index contributed by atoms with van der Waals surface area (Å²) in [5.41, 5.74) is 2.80. The number of hydrogen-bond donors (Lipinski definition) is 1. The molecule has 29 heavy (non-hydrogen) atoms. The fraction of sp³-hybridized carbons (Fsp3) is 0.227. The zero-order chi connectivity index (χ0) is 21.1. The van der Waals surface area contributed by atoms with Gasteiger partial charge in [0, 0.05) is 0 Å². The molecular formula is C22H22N2O5. The van der Waals surface area contributed by atoms with Crippen molar-refractivity contribution in [1.82, 2.24) is 5.32 Å². The molecule has 0 unspecified atom stereocenters. The van der Waals surface area contributed by atoms with Gasteiger partial charge in [0.25, 0.3) is 11.8 Å². The lowest BCUT2D eigenvalue weighted by Gasteiger charge is -2.26. The third kappa shape index (κ3) is 3.99. The fourth-order valence-electron chi connectivity index (χ4n) is 2.97. The van der Waals surface area contributed by atoms with Crippen molar-refractivity contribution >= 4 is 29.6 Å². The molecule has 7 nitrogen and oxygen atoms in total. The fourth-order valence-corrected chi connectivity index (χ4v) is 2.97. The summed E-state index contributed by atoms with van der Waals surface area (Å²) in [7, 11) is 1.53. The SMILES string of the molecule is CCOc1cc(/C=C2\C(=O)NC(=O)N(c3ccc(C)c(C)c3)C2=O)ccc1OC. The number of carbonyl (C=O) groups is 3. The van der Waals surface area contributed by atoms with Crippen molar-refractivity contribution in [3.8, 4) is 11.5 Å². The molecule has 150 valence electrons. The number of nitrogens with zero attached hydrogens (tertiary/aromatic N) is 1. The molecule has 1 heterocycles. The van der Waals surface area contributed by atoms with E-state index in [1.807, 2.05) is 26.8 Å². The number of carbonyl (C=O) groups excluding carboxylic acids is 3. The maximum atomic E-state index is 13.0. The molecule has 0 spiro atoms. The van der Waals surface area contributed by atoms with Crippen LogP contribution < -0.4 is 19.7 Å². The monoisotopic (exact) mass is 394 g/mol. The second-order valence-electron chi connectivity index (χ2n) is 6.57. The van der Waals surface area contributed by atoms with Gasteiger partial charge in [-0.2, -0.15) is 0 Å². The van der Waals surface area contributed by atoms with Gasteiger partial charge in [0.2, 0.25) is 0 Å². The smallest absolute Gasteiger partial charge is 0.335 e. The van der Waals surface area contributed by atoms with E-state index in [1.165, 1.54) is 13.2 Å². The number of barbiturate groups is 1. The van der Waals surface area contributed by atoms with Crippen LogP contribution >= 0.6 is 0 Å². The molecule has 7 heteroatoms. The van der Waals surface area contributed by atoms with E-state index < -0.39 is 17.8 Å². The van der Waals surface area contributed by atoms with Crippen LogP contribution in [0.25, 0.3) is 6.08 Å². The van der Waals surface area contributed by atoms with Gasteiger partial charge in [0.05, 0.1) is 19.4 Å². The zero-order valence-corrected chi connectivity index (χ0v) is 16.7. The summed E-state index contributed by atoms with van der Waals surface area (Å²) in [6, 6.07) is 9.52. The van der Waals surface area contributed by atoms with Crippen molar-refractivity contribution in [3.63, 3.8) is 0 Å². The lowest BCUT2D eigenvalue weighted by Crippen LogP contribution is -2.54. The van der Waals surface area contributed by atoms with Crippen molar-refractivity contribution in [2.24, 2.45) is 0 Å². The van der Waals surface area contributed by atoms with E-state index in [2.05, 4.69) is 5.32 Å². The number of amides is 4. The molecule has 0 aromatic heterocycles. The van der Waals surface area contributed by atoms with Crippen LogP contribution in [0.4, 0.5) is 10.5 Å². The van der Waals surface area contributed by atoms with E-state index in [9.17, 15) is 14.4 Å². The standard InChI is InChI=1S/C22H22N2O5/c1-5-29-19-12-15(7-9-18(19)28-4)11-17-20(25)23-22(27)24(21(17)26)16-8-6-13(2)14(3)10-16/h6-12H,5H2,1-4H3,(H,23,25,27)/b17-11+. The molecule has 0 radical (unpaired) electrons. The summed E-state index contributed by atoms with van der Waals surface area (Å²) in [5.74, 6) is -0.389. The van der Waals surface area contributed by atoms with Crippen LogP contribution in [0.5, 0.6) is 11.5 Å². The van der Waals surface area contributed by atoms with Gasteiger partial charge >= 0.3 is 6.03 Å². The number of rotatable bonds is 5. The molecular weight excluding hydrogens is 372 g/mol. The first-order valence-electron chi connectivity index (χ1n) is 9.15. The maximum Gasteiger partial charge on any atom is 0.335 e. The number of anilines is 1. The Labute approximate surface area is 168 Å². The molecule has 1 aliphatic heterocycles. The van der Waals surface area contributed by atoms with Crippen LogP contribution in [0.15, 0.2) is 42.0 Å². The normalized spacial score (nSPS) is 15.5. The van der Waals surface area contributed by atoms with Crippen LogP contribution in [-0.2, 0) is 9.59 Å². The Balaban J connectivity index is 2.01. The first kappa shape index (κ1) is 20.1. The highest BCUT2D eigenvalue weighted by Crippen LogP contribution is 2.30. The van der Waals surface area contributed by atoms with Crippen LogP contribution in [-0.4, -0.2) is 31.6 Å². The molecule has 1 fully saturated rings. The topological polar surface area (TPSA) is 84.9 Å². The summed E-state index contributed by atoms with van der Waals surface area (Å²) >= 11 is 0. The molecule has 1 saturated heterocycles. The number of methoxy groups -OCH3 is 1. The largest absolute Gasteiger partial charge is 0.493 e. The van der Waals surface area contributed by atoms with Gasteiger partial charge in [-0.05, 0) is 67.8 Å². The lowest BCUT2D eigenvalue weighted by atomic mass is 10.0. The predicted octanol–water partition coefficient (Wildman–Crippen LogP) is 3.38. The van der Waals surface area contributed by atoms with Crippen molar-refractivity contribution in [1.29, 1.82) is 0 Å². The Morgan fingerprint density at radius 2 is 1.76 bits per heavy atom. The molecule has 1 N–H and O–H groups in total. The van der Waals surface area contributed by atoms with Gasteiger partial charge in [-0.25, -0.2) is 9.69 Å². The van der Waals surface area contributed by atoms with Crippen LogP contribution in [0.2, 0.25) is 0 Å². The van der Waals surface area contributed by atoms with Gasteiger partial charge in [-0.1, -0.05) is 12.1 Å². The summed E-state index contributed by atoms with van der Waals surface area (Å²) in [4.78, 5) is 38.7. The van der Waals surface area contributed by atoms with E-state index in [0.717, 1.165) is 16.0 Å². The van der Waals surface area contributed by atoms with E-state index in [0.29, 0.717) is 29.4 Å². The van der Waals surface area contributed by atoms with E-state index in [-0.39, 0.29) is 5.57 Å². The minimum absolute atomic E-state index is 0.143. The summed E-state index contributed by atoms with van der Waals surface area (Å²) in [6.07, 6.45) is 1.43. The van der Waals surface area contributed by atoms with E-state index >= 15 is 0 Å². The first-order chi connectivity index (χ1) is 13.8. The maximum absolute atomic E-state index is 13.0. The third-order valence-corrected chi connectivity index (χ3v) is 4.65. The molecule has 4 amide bonds. The summed E-state index contributed by atoms with van der Waals surface area (Å²) < 4.78 is 10.8. The Morgan fingerprint density at radius 1 is 1.00 bits per heavy atom. The van der Waals surface area contributed by atoms with Crippen molar-refractivity contribution in [2.75, 3.05) is 18.6 Å². The molecule has 0 atom stereocenters. The lowest BCUT2D eigenvalue weighted by molar-refractivity contribution is -0.122. The highest BCUT2D eigenvalue weighted by molar-refractivity contribution is 6.39. The van der Waals surface area contributed by atoms with Crippen molar-refractivity contribution in [3.05, 3.63) is 58.7 Å². The van der Waals surface area contributed by atoms with Gasteiger partial charge in [0.15, 0.2) is 11.5 Å². The van der Waals surface area contributed by atoms with Crippen molar-refractivity contribution < 1.29 is 23.9 Å². The highest BCUT2D eigenvalue weighted by atomic mass is 16.5. The second-order valence-corrected chi connectivity index (χ2v) is 6.57. The van der Waals surface area contributed by atoms with Crippen LogP contribution in [0.1, 0.15) is 23.6 Å². The number of ether oxygens (including phenoxy) is 2. The van der Waals surface area contributed by atoms with Gasteiger partial charge in [-0.3, -0.25) is 14.9 Å². The predicted molar refractivity (Wildman–Crippen MR) is 109 cm³/mol. The minimum Gasteiger partial charge on any atom is -0.493 e. The Kier molecular flexibility index (Phi) is 5.68. The number of nitrogens with one attached hydrogen (secondary N) is 1. The second kappa shape index (κ2) is 8.18. The van der Waals surface area contributed by atoms with Crippen molar-refractivity contribution in [2.45, 2.75) is 20.8 Å². The number of benzene rings is 2. The minimum atomic E-state index is -0.773. The molecule has 1 aliphatic rings. The molecule has 0 saturated carbocycles. The average molecular weight is 394 g/mol. The van der Waals surface area contributed by atoms with Crippen LogP contribution in [0, 0.1) is 13.8 Å². The Hall–Kier alpha value is -3.61. The van der Waals surface area contributed by atoms with E-state index in [1.54, 1.807) is 30.3 Å². The quantitative estimate of drug-likeness (QED) is 0.621. The molecule has 0 aliphatic carbocycles. The summed E-state index contributed by atoms with van der Waals surface area (Å²) in [5, 5.41) is 2.23. The number of hydrogen-bond acceptors (Lipinski definition) is 5. The first-order valence-corrected chi connectivity index (χ1v) is 9.15. The zero-order valence-electron chi connectivity index (χ0n) is 16.7. The van der Waals surface area contributed by atoms with Gasteiger partial charge < -0.3 is 9.47 Å².